The quantitative estimate of drug-likeness (QED) is 0.144. The molecule has 0 aliphatic heterocycles. The Morgan fingerprint density at radius 3 is 1.09 bits per heavy atom. The average Bonchev–Trinajstić information content (AvgIpc) is 3.66. The van der Waals surface area contributed by atoms with Crippen molar-refractivity contribution in [1.82, 2.24) is 24.9 Å². The van der Waals surface area contributed by atoms with E-state index >= 15 is 0 Å². The molecule has 9 aromatic carbocycles. The highest BCUT2D eigenvalue weighted by molar-refractivity contribution is 5.85. The van der Waals surface area contributed by atoms with Crippen molar-refractivity contribution in [3.05, 3.63) is 248 Å². The Kier molecular flexibility index (Phi) is 10.4. The SMILES string of the molecule is CC1(C)c2ccccc2-c2cc(-c3cc(-c4cccc(-c5cccc(-c6nc(-c7cccc(-c8ccccc8)c7)nc(-c7cccc(-c8ccccc8)c7)n6)c5)c4)nc(-c4ccccc4)n3)ccc21. The third-order valence-electron chi connectivity index (χ3n) is 13.3. The van der Waals surface area contributed by atoms with Gasteiger partial charge in [0.15, 0.2) is 23.3 Å². The van der Waals surface area contributed by atoms with Gasteiger partial charge in [-0.25, -0.2) is 24.9 Å². The Morgan fingerprint density at radius 1 is 0.232 bits per heavy atom. The summed E-state index contributed by atoms with van der Waals surface area (Å²) in [6, 6.07) is 82.7. The fourth-order valence-electron chi connectivity index (χ4n) is 9.73. The monoisotopic (exact) mass is 883 g/mol. The van der Waals surface area contributed by atoms with Crippen molar-refractivity contribution in [2.24, 2.45) is 0 Å². The highest BCUT2D eigenvalue weighted by Crippen LogP contribution is 2.49. The van der Waals surface area contributed by atoms with Crippen LogP contribution in [0.5, 0.6) is 0 Å². The van der Waals surface area contributed by atoms with Gasteiger partial charge in [-0.1, -0.05) is 214 Å². The maximum absolute atomic E-state index is 5.22. The first-order valence-corrected chi connectivity index (χ1v) is 23.4. The van der Waals surface area contributed by atoms with Crippen molar-refractivity contribution >= 4 is 0 Å². The number of fused-ring (bicyclic) bond motifs is 3. The van der Waals surface area contributed by atoms with Gasteiger partial charge >= 0.3 is 0 Å². The van der Waals surface area contributed by atoms with Crippen molar-refractivity contribution in [3.63, 3.8) is 0 Å². The van der Waals surface area contributed by atoms with Crippen LogP contribution in [0, 0.1) is 0 Å². The summed E-state index contributed by atoms with van der Waals surface area (Å²) in [6.07, 6.45) is 0. The van der Waals surface area contributed by atoms with Gasteiger partial charge in [0, 0.05) is 38.8 Å². The Morgan fingerprint density at radius 2 is 0.580 bits per heavy atom. The molecule has 0 saturated heterocycles. The minimum atomic E-state index is -0.0781. The van der Waals surface area contributed by atoms with Crippen molar-refractivity contribution in [2.75, 3.05) is 0 Å². The lowest BCUT2D eigenvalue weighted by atomic mass is 9.82. The summed E-state index contributed by atoms with van der Waals surface area (Å²) in [5.41, 5.74) is 19.1. The van der Waals surface area contributed by atoms with E-state index in [0.717, 1.165) is 78.1 Å². The van der Waals surface area contributed by atoms with Crippen LogP contribution < -0.4 is 0 Å². The van der Waals surface area contributed by atoms with Crippen LogP contribution in [0.1, 0.15) is 25.0 Å². The van der Waals surface area contributed by atoms with Gasteiger partial charge in [0.25, 0.3) is 0 Å². The zero-order chi connectivity index (χ0) is 46.3. The van der Waals surface area contributed by atoms with Crippen LogP contribution in [-0.2, 0) is 5.41 Å². The molecule has 69 heavy (non-hydrogen) atoms. The zero-order valence-electron chi connectivity index (χ0n) is 38.3. The topological polar surface area (TPSA) is 64.5 Å². The molecule has 1 aliphatic carbocycles. The Hall–Kier alpha value is -8.93. The molecule has 326 valence electrons. The summed E-state index contributed by atoms with van der Waals surface area (Å²) in [5.74, 6) is 2.49. The van der Waals surface area contributed by atoms with Gasteiger partial charge in [-0.3, -0.25) is 0 Å². The van der Waals surface area contributed by atoms with Crippen LogP contribution >= 0.6 is 0 Å². The van der Waals surface area contributed by atoms with Crippen LogP contribution in [-0.4, -0.2) is 24.9 Å². The minimum Gasteiger partial charge on any atom is -0.228 e. The van der Waals surface area contributed by atoms with E-state index in [2.05, 4.69) is 220 Å². The molecule has 1 aliphatic rings. The lowest BCUT2D eigenvalue weighted by Crippen LogP contribution is -2.14. The standard InChI is InChI=1S/C64H45N5/c1-64(2)56-33-13-12-32-54(56)55-40-50(34-35-57(55)64)59-41-58(65-60(66-59)44-22-10-5-11-23-44)49-28-14-26-47(36-49)48-27-17-31-53(39-48)63-68-61(51-29-15-24-45(37-51)42-18-6-3-7-19-42)67-62(69-63)52-30-16-25-46(38-52)43-20-8-4-9-21-43/h3-41H,1-2H3. The third-order valence-corrected chi connectivity index (χ3v) is 13.3. The maximum Gasteiger partial charge on any atom is 0.164 e. The molecule has 12 rings (SSSR count). The second-order valence-electron chi connectivity index (χ2n) is 18.1. The normalized spacial score (nSPS) is 12.3. The molecule has 0 N–H and O–H groups in total. The number of hydrogen-bond acceptors (Lipinski definition) is 5. The van der Waals surface area contributed by atoms with Crippen molar-refractivity contribution in [2.45, 2.75) is 19.3 Å². The van der Waals surface area contributed by atoms with Gasteiger partial charge in [-0.2, -0.15) is 0 Å². The molecule has 11 aromatic rings. The van der Waals surface area contributed by atoms with Gasteiger partial charge < -0.3 is 0 Å². The third kappa shape index (κ3) is 8.00. The first-order valence-electron chi connectivity index (χ1n) is 23.4. The molecular weight excluding hydrogens is 839 g/mol. The Bertz CT molecular complexity index is 3590. The van der Waals surface area contributed by atoms with E-state index in [9.17, 15) is 0 Å². The maximum atomic E-state index is 5.22. The Labute approximate surface area is 402 Å². The van der Waals surface area contributed by atoms with E-state index < -0.39 is 0 Å². The van der Waals surface area contributed by atoms with Crippen LogP contribution in [0.25, 0.3) is 113 Å². The molecule has 2 aromatic heterocycles. The van der Waals surface area contributed by atoms with Gasteiger partial charge in [-0.05, 0) is 92.0 Å². The molecule has 0 atom stereocenters. The Balaban J connectivity index is 0.946. The van der Waals surface area contributed by atoms with Gasteiger partial charge in [0.2, 0.25) is 0 Å². The first kappa shape index (κ1) is 41.5. The zero-order valence-corrected chi connectivity index (χ0v) is 38.3. The van der Waals surface area contributed by atoms with Crippen LogP contribution in [0.2, 0.25) is 0 Å². The fraction of sp³-hybridized carbons (Fsp3) is 0.0469. The van der Waals surface area contributed by atoms with Crippen molar-refractivity contribution in [1.29, 1.82) is 0 Å². The summed E-state index contributed by atoms with van der Waals surface area (Å²) >= 11 is 0. The summed E-state index contributed by atoms with van der Waals surface area (Å²) in [7, 11) is 0. The molecule has 0 unspecified atom stereocenters. The van der Waals surface area contributed by atoms with Crippen LogP contribution in [0.15, 0.2) is 237 Å². The number of nitrogens with zero attached hydrogens (tertiary/aromatic N) is 5. The van der Waals surface area contributed by atoms with Crippen molar-refractivity contribution < 1.29 is 0 Å². The molecule has 5 nitrogen and oxygen atoms in total. The van der Waals surface area contributed by atoms with Crippen molar-refractivity contribution in [3.8, 4) is 113 Å². The molecule has 0 fully saturated rings. The molecular formula is C64H45N5. The van der Waals surface area contributed by atoms with E-state index in [1.807, 2.05) is 30.3 Å². The lowest BCUT2D eigenvalue weighted by Gasteiger charge is -2.21. The largest absolute Gasteiger partial charge is 0.228 e. The molecule has 0 radical (unpaired) electrons. The number of rotatable bonds is 9. The number of benzene rings is 9. The highest BCUT2D eigenvalue weighted by atomic mass is 15.0. The molecule has 0 saturated carbocycles. The van der Waals surface area contributed by atoms with Gasteiger partial charge in [0.1, 0.15) is 0 Å². The average molecular weight is 884 g/mol. The number of hydrogen-bond donors (Lipinski definition) is 0. The van der Waals surface area contributed by atoms with Crippen LogP contribution in [0.4, 0.5) is 0 Å². The smallest absolute Gasteiger partial charge is 0.164 e. The summed E-state index contributed by atoms with van der Waals surface area (Å²) in [6.45, 7) is 4.63. The molecule has 0 bridgehead atoms. The lowest BCUT2D eigenvalue weighted by molar-refractivity contribution is 0.660. The number of aromatic nitrogens is 5. The van der Waals surface area contributed by atoms with Gasteiger partial charge in [0.05, 0.1) is 11.4 Å². The molecule has 0 spiro atoms. The molecule has 5 heteroatoms. The van der Waals surface area contributed by atoms with E-state index in [1.165, 1.54) is 22.3 Å². The molecule has 0 amide bonds. The first-order chi connectivity index (χ1) is 33.9. The van der Waals surface area contributed by atoms with E-state index in [1.54, 1.807) is 0 Å². The second kappa shape index (κ2) is 17.4. The molecule has 2 heterocycles. The summed E-state index contributed by atoms with van der Waals surface area (Å²) in [5, 5.41) is 0. The predicted octanol–water partition coefficient (Wildman–Crippen LogP) is 16.0. The second-order valence-corrected chi connectivity index (χ2v) is 18.1. The van der Waals surface area contributed by atoms with Crippen LogP contribution in [0.3, 0.4) is 0 Å². The highest BCUT2D eigenvalue weighted by Gasteiger charge is 2.35. The van der Waals surface area contributed by atoms with E-state index in [0.29, 0.717) is 23.3 Å². The predicted molar refractivity (Wildman–Crippen MR) is 282 cm³/mol. The fourth-order valence-corrected chi connectivity index (χ4v) is 9.73. The van der Waals surface area contributed by atoms with E-state index in [-0.39, 0.29) is 5.41 Å². The summed E-state index contributed by atoms with van der Waals surface area (Å²) < 4.78 is 0. The summed E-state index contributed by atoms with van der Waals surface area (Å²) in [4.78, 5) is 26.0. The van der Waals surface area contributed by atoms with Gasteiger partial charge in [-0.15, -0.1) is 0 Å². The minimum absolute atomic E-state index is 0.0781. The van der Waals surface area contributed by atoms with E-state index in [4.69, 9.17) is 24.9 Å².